The van der Waals surface area contributed by atoms with E-state index in [1.807, 2.05) is 18.2 Å². The SMILES string of the molecule is O=C1CCC(=O)N1c1cnn(Cc2cccc(Cl)c2)c1. The first-order valence-corrected chi connectivity index (χ1v) is 6.64. The number of hydrogen-bond acceptors (Lipinski definition) is 3. The Morgan fingerprint density at radius 2 is 1.95 bits per heavy atom. The molecule has 6 heteroatoms. The van der Waals surface area contributed by atoms with Gasteiger partial charge in [0.1, 0.15) is 0 Å². The fraction of sp³-hybridized carbons (Fsp3) is 0.214. The predicted molar refractivity (Wildman–Crippen MR) is 74.5 cm³/mol. The van der Waals surface area contributed by atoms with Gasteiger partial charge in [-0.3, -0.25) is 14.3 Å². The number of hydrogen-bond donors (Lipinski definition) is 0. The van der Waals surface area contributed by atoms with Crippen LogP contribution in [0.25, 0.3) is 0 Å². The number of imide groups is 1. The van der Waals surface area contributed by atoms with Crippen LogP contribution in [0.15, 0.2) is 36.7 Å². The molecule has 3 rings (SSSR count). The highest BCUT2D eigenvalue weighted by Gasteiger charge is 2.31. The summed E-state index contributed by atoms with van der Waals surface area (Å²) in [6.07, 6.45) is 3.78. The molecule has 0 bridgehead atoms. The average Bonchev–Trinajstić information content (AvgIpc) is 2.97. The van der Waals surface area contributed by atoms with Gasteiger partial charge in [-0.05, 0) is 17.7 Å². The van der Waals surface area contributed by atoms with Crippen molar-refractivity contribution in [2.24, 2.45) is 0 Å². The first-order chi connectivity index (χ1) is 9.63. The van der Waals surface area contributed by atoms with Gasteiger partial charge in [-0.2, -0.15) is 5.10 Å². The lowest BCUT2D eigenvalue weighted by molar-refractivity contribution is -0.121. The van der Waals surface area contributed by atoms with Crippen molar-refractivity contribution in [3.63, 3.8) is 0 Å². The van der Waals surface area contributed by atoms with E-state index in [0.717, 1.165) is 5.56 Å². The predicted octanol–water partition coefficient (Wildman–Crippen LogP) is 2.24. The van der Waals surface area contributed by atoms with Gasteiger partial charge in [0.15, 0.2) is 0 Å². The summed E-state index contributed by atoms with van der Waals surface area (Å²) in [5.41, 5.74) is 1.53. The van der Waals surface area contributed by atoms with Crippen LogP contribution in [0.2, 0.25) is 5.02 Å². The molecule has 2 amide bonds. The second-order valence-corrected chi connectivity index (χ2v) is 5.09. The number of nitrogens with zero attached hydrogens (tertiary/aromatic N) is 3. The highest BCUT2D eigenvalue weighted by molar-refractivity contribution is 6.30. The van der Waals surface area contributed by atoms with Gasteiger partial charge in [0.25, 0.3) is 0 Å². The number of anilines is 1. The summed E-state index contributed by atoms with van der Waals surface area (Å²) in [6.45, 7) is 0.538. The second-order valence-electron chi connectivity index (χ2n) is 4.65. The third-order valence-corrected chi connectivity index (χ3v) is 3.40. The molecular weight excluding hydrogens is 278 g/mol. The Balaban J connectivity index is 1.80. The standard InChI is InChI=1S/C14H12ClN3O2/c15-11-3-1-2-10(6-11)8-17-9-12(7-16-17)18-13(19)4-5-14(18)20/h1-3,6-7,9H,4-5,8H2. The Kier molecular flexibility index (Phi) is 3.28. The van der Waals surface area contributed by atoms with E-state index >= 15 is 0 Å². The molecule has 2 aromatic rings. The van der Waals surface area contributed by atoms with Crippen molar-refractivity contribution in [3.8, 4) is 0 Å². The van der Waals surface area contributed by atoms with Gasteiger partial charge >= 0.3 is 0 Å². The summed E-state index contributed by atoms with van der Waals surface area (Å²) in [4.78, 5) is 24.5. The summed E-state index contributed by atoms with van der Waals surface area (Å²) in [5, 5.41) is 4.85. The van der Waals surface area contributed by atoms with E-state index in [1.165, 1.54) is 11.1 Å². The molecule has 102 valence electrons. The van der Waals surface area contributed by atoms with E-state index in [-0.39, 0.29) is 24.7 Å². The Morgan fingerprint density at radius 3 is 2.65 bits per heavy atom. The molecule has 0 aliphatic carbocycles. The van der Waals surface area contributed by atoms with Crippen LogP contribution in [0.5, 0.6) is 0 Å². The number of aromatic nitrogens is 2. The maximum atomic E-state index is 11.6. The number of amides is 2. The van der Waals surface area contributed by atoms with Gasteiger partial charge in [0.05, 0.1) is 18.4 Å². The zero-order chi connectivity index (χ0) is 14.1. The topological polar surface area (TPSA) is 55.2 Å². The van der Waals surface area contributed by atoms with Gasteiger partial charge in [0, 0.05) is 24.1 Å². The molecule has 0 saturated carbocycles. The molecule has 0 unspecified atom stereocenters. The van der Waals surface area contributed by atoms with Crippen molar-refractivity contribution >= 4 is 29.1 Å². The van der Waals surface area contributed by atoms with Crippen molar-refractivity contribution in [1.82, 2.24) is 9.78 Å². The maximum absolute atomic E-state index is 11.6. The van der Waals surface area contributed by atoms with Crippen LogP contribution in [0.1, 0.15) is 18.4 Å². The molecule has 1 aliphatic heterocycles. The van der Waals surface area contributed by atoms with E-state index in [0.29, 0.717) is 17.3 Å². The van der Waals surface area contributed by atoms with Gasteiger partial charge < -0.3 is 0 Å². The lowest BCUT2D eigenvalue weighted by atomic mass is 10.2. The van der Waals surface area contributed by atoms with Crippen molar-refractivity contribution in [2.45, 2.75) is 19.4 Å². The first-order valence-electron chi connectivity index (χ1n) is 6.26. The minimum atomic E-state index is -0.169. The van der Waals surface area contributed by atoms with Crippen LogP contribution in [0, 0.1) is 0 Å². The highest BCUT2D eigenvalue weighted by atomic mass is 35.5. The minimum Gasteiger partial charge on any atom is -0.274 e. The zero-order valence-electron chi connectivity index (χ0n) is 10.6. The Hall–Kier alpha value is -2.14. The lowest BCUT2D eigenvalue weighted by Gasteiger charge is -2.09. The summed E-state index contributed by atoms with van der Waals surface area (Å²) in [6, 6.07) is 7.48. The van der Waals surface area contributed by atoms with Crippen LogP contribution in [-0.2, 0) is 16.1 Å². The van der Waals surface area contributed by atoms with Crippen molar-refractivity contribution in [1.29, 1.82) is 0 Å². The van der Waals surface area contributed by atoms with Gasteiger partial charge in [-0.1, -0.05) is 23.7 Å². The molecule has 0 N–H and O–H groups in total. The molecule has 0 spiro atoms. The number of benzene rings is 1. The summed E-state index contributed by atoms with van der Waals surface area (Å²) in [5.74, 6) is -0.338. The molecule has 1 aliphatic rings. The summed E-state index contributed by atoms with van der Waals surface area (Å²) in [7, 11) is 0. The highest BCUT2D eigenvalue weighted by Crippen LogP contribution is 2.22. The fourth-order valence-electron chi connectivity index (χ4n) is 2.24. The van der Waals surface area contributed by atoms with Gasteiger partial charge in [-0.15, -0.1) is 0 Å². The van der Waals surface area contributed by atoms with E-state index in [9.17, 15) is 9.59 Å². The van der Waals surface area contributed by atoms with Gasteiger partial charge in [0.2, 0.25) is 11.8 Å². The Morgan fingerprint density at radius 1 is 1.20 bits per heavy atom. The van der Waals surface area contributed by atoms with E-state index in [1.54, 1.807) is 16.9 Å². The fourth-order valence-corrected chi connectivity index (χ4v) is 2.45. The molecular formula is C14H12ClN3O2. The minimum absolute atomic E-state index is 0.169. The zero-order valence-corrected chi connectivity index (χ0v) is 11.4. The summed E-state index contributed by atoms with van der Waals surface area (Å²) >= 11 is 5.93. The third-order valence-electron chi connectivity index (χ3n) is 3.16. The Labute approximate surface area is 120 Å². The third kappa shape index (κ3) is 2.44. The molecule has 2 heterocycles. The van der Waals surface area contributed by atoms with Crippen LogP contribution in [0.4, 0.5) is 5.69 Å². The Bertz CT molecular complexity index is 665. The van der Waals surface area contributed by atoms with Crippen LogP contribution in [0.3, 0.4) is 0 Å². The lowest BCUT2D eigenvalue weighted by Crippen LogP contribution is -2.28. The molecule has 0 radical (unpaired) electrons. The number of carbonyl (C=O) groups excluding carboxylic acids is 2. The summed E-state index contributed by atoms with van der Waals surface area (Å²) < 4.78 is 1.68. The van der Waals surface area contributed by atoms with E-state index in [2.05, 4.69) is 5.10 Å². The smallest absolute Gasteiger partial charge is 0.234 e. The van der Waals surface area contributed by atoms with Crippen molar-refractivity contribution in [2.75, 3.05) is 4.90 Å². The number of rotatable bonds is 3. The van der Waals surface area contributed by atoms with Gasteiger partial charge in [-0.25, -0.2) is 4.90 Å². The second kappa shape index (κ2) is 5.09. The van der Waals surface area contributed by atoms with Crippen LogP contribution >= 0.6 is 11.6 Å². The molecule has 5 nitrogen and oxygen atoms in total. The molecule has 1 saturated heterocycles. The molecule has 1 fully saturated rings. The normalized spacial score (nSPS) is 15.2. The quantitative estimate of drug-likeness (QED) is 0.814. The van der Waals surface area contributed by atoms with Crippen molar-refractivity contribution < 1.29 is 9.59 Å². The average molecular weight is 290 g/mol. The van der Waals surface area contributed by atoms with Crippen molar-refractivity contribution in [3.05, 3.63) is 47.2 Å². The largest absolute Gasteiger partial charge is 0.274 e. The molecule has 1 aromatic heterocycles. The molecule has 20 heavy (non-hydrogen) atoms. The molecule has 1 aromatic carbocycles. The first kappa shape index (κ1) is 12.9. The monoisotopic (exact) mass is 289 g/mol. The number of halogens is 1. The van der Waals surface area contributed by atoms with Crippen LogP contribution < -0.4 is 4.90 Å². The molecule has 0 atom stereocenters. The van der Waals surface area contributed by atoms with E-state index in [4.69, 9.17) is 11.6 Å². The number of carbonyl (C=O) groups is 2. The van der Waals surface area contributed by atoms with Crippen LogP contribution in [-0.4, -0.2) is 21.6 Å². The van der Waals surface area contributed by atoms with E-state index < -0.39 is 0 Å². The maximum Gasteiger partial charge on any atom is 0.234 e.